The Morgan fingerprint density at radius 1 is 1.29 bits per heavy atom. The zero-order chi connectivity index (χ0) is 12.9. The van der Waals surface area contributed by atoms with Crippen molar-refractivity contribution in [2.75, 3.05) is 10.8 Å². The lowest BCUT2D eigenvalue weighted by molar-refractivity contribution is 0.479. The van der Waals surface area contributed by atoms with E-state index in [4.69, 9.17) is 4.55 Å². The van der Waals surface area contributed by atoms with E-state index in [1.54, 1.807) is 25.1 Å². The van der Waals surface area contributed by atoms with Crippen molar-refractivity contribution in [3.05, 3.63) is 29.8 Å². The first-order valence-electron chi connectivity index (χ1n) is 5.77. The lowest BCUT2D eigenvalue weighted by atomic mass is 10.2. The number of rotatable bonds is 3. The second kappa shape index (κ2) is 6.02. The SMILES string of the molecule is C1CC1.CCN(c1cccc(C)c1)S(=O)(=O)O. The summed E-state index contributed by atoms with van der Waals surface area (Å²) in [6.45, 7) is 3.74. The van der Waals surface area contributed by atoms with Crippen molar-refractivity contribution in [2.45, 2.75) is 33.1 Å². The molecule has 1 N–H and O–H groups in total. The van der Waals surface area contributed by atoms with Crippen LogP contribution in [0.15, 0.2) is 24.3 Å². The largest absolute Gasteiger partial charge is 0.359 e. The molecular weight excluding hydrogens is 238 g/mol. The maximum absolute atomic E-state index is 11.0. The molecule has 0 spiro atoms. The fraction of sp³-hybridized carbons (Fsp3) is 0.500. The fourth-order valence-electron chi connectivity index (χ4n) is 1.26. The molecule has 1 aromatic rings. The summed E-state index contributed by atoms with van der Waals surface area (Å²) in [5.41, 5.74) is 1.43. The fourth-order valence-corrected chi connectivity index (χ4v) is 1.97. The smallest absolute Gasteiger partial charge is 0.269 e. The van der Waals surface area contributed by atoms with Gasteiger partial charge in [0.25, 0.3) is 0 Å². The molecule has 1 fully saturated rings. The predicted molar refractivity (Wildman–Crippen MR) is 69.6 cm³/mol. The number of hydrogen-bond acceptors (Lipinski definition) is 2. The van der Waals surface area contributed by atoms with Crippen LogP contribution < -0.4 is 4.31 Å². The Morgan fingerprint density at radius 2 is 1.88 bits per heavy atom. The van der Waals surface area contributed by atoms with Crippen molar-refractivity contribution in [3.8, 4) is 0 Å². The van der Waals surface area contributed by atoms with Crippen LogP contribution in [0, 0.1) is 6.92 Å². The van der Waals surface area contributed by atoms with Gasteiger partial charge < -0.3 is 0 Å². The summed E-state index contributed by atoms with van der Waals surface area (Å²) in [6.07, 6.45) is 4.50. The first kappa shape index (κ1) is 14.0. The molecule has 1 aromatic carbocycles. The standard InChI is InChI=1S/C9H13NO3S.C3H6/c1-3-10(14(11,12)13)9-6-4-5-8(2)7-9;1-2-3-1/h4-7H,3H2,1-2H3,(H,11,12,13);1-3H2. The van der Waals surface area contributed by atoms with Gasteiger partial charge in [-0.15, -0.1) is 0 Å². The van der Waals surface area contributed by atoms with E-state index in [-0.39, 0.29) is 6.54 Å². The molecule has 2 rings (SSSR count). The quantitative estimate of drug-likeness (QED) is 0.847. The van der Waals surface area contributed by atoms with E-state index in [1.807, 2.05) is 13.0 Å². The Morgan fingerprint density at radius 3 is 2.24 bits per heavy atom. The Balaban J connectivity index is 0.000000415. The number of nitrogens with zero attached hydrogens (tertiary/aromatic N) is 1. The normalized spacial score (nSPS) is 13.6. The number of anilines is 1. The number of benzene rings is 1. The van der Waals surface area contributed by atoms with Gasteiger partial charge in [0, 0.05) is 6.54 Å². The van der Waals surface area contributed by atoms with Gasteiger partial charge in [0.1, 0.15) is 0 Å². The highest BCUT2D eigenvalue weighted by Gasteiger charge is 2.16. The molecule has 1 aliphatic carbocycles. The lowest BCUT2D eigenvalue weighted by Crippen LogP contribution is -2.29. The third-order valence-corrected chi connectivity index (χ3v) is 3.23. The maximum atomic E-state index is 11.0. The summed E-state index contributed by atoms with van der Waals surface area (Å²) in [7, 11) is -4.15. The van der Waals surface area contributed by atoms with Gasteiger partial charge in [0.15, 0.2) is 0 Å². The Kier molecular flexibility index (Phi) is 4.96. The Bertz CT molecular complexity index is 452. The van der Waals surface area contributed by atoms with Crippen LogP contribution in [0.25, 0.3) is 0 Å². The van der Waals surface area contributed by atoms with E-state index in [0.29, 0.717) is 5.69 Å². The molecule has 0 radical (unpaired) electrons. The molecule has 4 nitrogen and oxygen atoms in total. The van der Waals surface area contributed by atoms with Gasteiger partial charge in [-0.2, -0.15) is 8.42 Å². The molecule has 0 aromatic heterocycles. The molecule has 96 valence electrons. The third-order valence-electron chi connectivity index (χ3n) is 2.21. The van der Waals surface area contributed by atoms with E-state index >= 15 is 0 Å². The van der Waals surface area contributed by atoms with Crippen molar-refractivity contribution in [2.24, 2.45) is 0 Å². The van der Waals surface area contributed by atoms with Gasteiger partial charge in [-0.25, -0.2) is 4.31 Å². The van der Waals surface area contributed by atoms with Crippen LogP contribution in [0.2, 0.25) is 0 Å². The molecule has 0 heterocycles. The molecule has 17 heavy (non-hydrogen) atoms. The van der Waals surface area contributed by atoms with Crippen molar-refractivity contribution in [1.29, 1.82) is 0 Å². The predicted octanol–water partition coefficient (Wildman–Crippen LogP) is 2.79. The average molecular weight is 257 g/mol. The van der Waals surface area contributed by atoms with E-state index < -0.39 is 10.3 Å². The molecule has 0 saturated heterocycles. The second-order valence-electron chi connectivity index (χ2n) is 4.04. The maximum Gasteiger partial charge on any atom is 0.359 e. The first-order valence-corrected chi connectivity index (χ1v) is 7.16. The zero-order valence-corrected chi connectivity index (χ0v) is 11.1. The minimum atomic E-state index is -4.15. The third kappa shape index (κ3) is 5.19. The molecule has 0 unspecified atom stereocenters. The monoisotopic (exact) mass is 257 g/mol. The molecule has 1 aliphatic rings. The summed E-state index contributed by atoms with van der Waals surface area (Å²) < 4.78 is 31.8. The van der Waals surface area contributed by atoms with Crippen LogP contribution in [0.1, 0.15) is 31.7 Å². The summed E-state index contributed by atoms with van der Waals surface area (Å²) >= 11 is 0. The Hall–Kier alpha value is -1.07. The molecule has 1 saturated carbocycles. The van der Waals surface area contributed by atoms with Gasteiger partial charge in [-0.3, -0.25) is 4.55 Å². The van der Waals surface area contributed by atoms with Crippen LogP contribution in [-0.2, 0) is 10.3 Å². The molecular formula is C12H19NO3S. The van der Waals surface area contributed by atoms with Crippen LogP contribution in [-0.4, -0.2) is 19.5 Å². The van der Waals surface area contributed by atoms with E-state index in [0.717, 1.165) is 9.87 Å². The Labute approximate surface area is 103 Å². The minimum Gasteiger partial charge on any atom is -0.269 e. The molecule has 0 bridgehead atoms. The zero-order valence-electron chi connectivity index (χ0n) is 10.3. The molecule has 0 atom stereocenters. The number of hydrogen-bond donors (Lipinski definition) is 1. The lowest BCUT2D eigenvalue weighted by Gasteiger charge is -2.18. The van der Waals surface area contributed by atoms with Crippen LogP contribution in [0.3, 0.4) is 0 Å². The van der Waals surface area contributed by atoms with E-state index in [1.165, 1.54) is 19.3 Å². The summed E-state index contributed by atoms with van der Waals surface area (Å²) in [6, 6.07) is 6.96. The first-order chi connectivity index (χ1) is 7.95. The van der Waals surface area contributed by atoms with E-state index in [2.05, 4.69) is 0 Å². The van der Waals surface area contributed by atoms with Crippen LogP contribution in [0.4, 0.5) is 5.69 Å². The van der Waals surface area contributed by atoms with Crippen molar-refractivity contribution >= 4 is 16.0 Å². The molecule has 0 amide bonds. The van der Waals surface area contributed by atoms with Gasteiger partial charge in [-0.05, 0) is 31.5 Å². The molecule has 5 heteroatoms. The van der Waals surface area contributed by atoms with Crippen molar-refractivity contribution in [1.82, 2.24) is 0 Å². The average Bonchev–Trinajstić information content (AvgIpc) is 3.02. The van der Waals surface area contributed by atoms with Crippen molar-refractivity contribution in [3.63, 3.8) is 0 Å². The van der Waals surface area contributed by atoms with Gasteiger partial charge in [0.2, 0.25) is 0 Å². The van der Waals surface area contributed by atoms with Gasteiger partial charge in [-0.1, -0.05) is 31.4 Å². The number of aryl methyl sites for hydroxylation is 1. The summed E-state index contributed by atoms with van der Waals surface area (Å²) in [5.74, 6) is 0. The van der Waals surface area contributed by atoms with Crippen LogP contribution in [0.5, 0.6) is 0 Å². The second-order valence-corrected chi connectivity index (χ2v) is 5.38. The van der Waals surface area contributed by atoms with E-state index in [9.17, 15) is 8.42 Å². The molecule has 0 aliphatic heterocycles. The summed E-state index contributed by atoms with van der Waals surface area (Å²) in [5, 5.41) is 0. The van der Waals surface area contributed by atoms with Crippen LogP contribution >= 0.6 is 0 Å². The highest BCUT2D eigenvalue weighted by Crippen LogP contribution is 2.17. The van der Waals surface area contributed by atoms with Gasteiger partial charge >= 0.3 is 10.3 Å². The summed E-state index contributed by atoms with van der Waals surface area (Å²) in [4.78, 5) is 0. The highest BCUT2D eigenvalue weighted by atomic mass is 32.2. The minimum absolute atomic E-state index is 0.211. The van der Waals surface area contributed by atoms with Gasteiger partial charge in [0.05, 0.1) is 5.69 Å². The topological polar surface area (TPSA) is 57.6 Å². The van der Waals surface area contributed by atoms with Crippen molar-refractivity contribution < 1.29 is 13.0 Å². The highest BCUT2D eigenvalue weighted by molar-refractivity contribution is 7.87.